The van der Waals surface area contributed by atoms with Crippen molar-refractivity contribution in [2.24, 2.45) is 0 Å². The summed E-state index contributed by atoms with van der Waals surface area (Å²) < 4.78 is 53.9. The van der Waals surface area contributed by atoms with Gasteiger partial charge in [-0.15, -0.1) is 0 Å². The summed E-state index contributed by atoms with van der Waals surface area (Å²) in [5.74, 6) is -4.55. The fourth-order valence-corrected chi connectivity index (χ4v) is 1.45. The predicted octanol–water partition coefficient (Wildman–Crippen LogP) is 3.13. The molecule has 1 rings (SSSR count). The summed E-state index contributed by atoms with van der Waals surface area (Å²) >= 11 is 0. The SMILES string of the molecule is C[C@H](CC#N)N(C)C(=O)Nc1ccc(OCC(F)(F)C(F)F)nc1. The van der Waals surface area contributed by atoms with Crippen molar-refractivity contribution in [1.29, 1.82) is 5.26 Å². The summed E-state index contributed by atoms with van der Waals surface area (Å²) in [6.07, 6.45) is -2.54. The summed E-state index contributed by atoms with van der Waals surface area (Å²) in [6.45, 7) is 0.193. The van der Waals surface area contributed by atoms with Gasteiger partial charge in [0.15, 0.2) is 6.61 Å². The number of aromatic nitrogens is 1. The molecule has 0 fully saturated rings. The van der Waals surface area contributed by atoms with Gasteiger partial charge in [0.1, 0.15) is 0 Å². The van der Waals surface area contributed by atoms with Gasteiger partial charge in [-0.05, 0) is 13.0 Å². The Hall–Kier alpha value is -2.57. The van der Waals surface area contributed by atoms with Crippen LogP contribution in [0.5, 0.6) is 5.88 Å². The average molecular weight is 348 g/mol. The number of ether oxygens (including phenoxy) is 1. The molecule has 0 saturated carbocycles. The third-order valence-corrected chi connectivity index (χ3v) is 3.09. The molecule has 1 atom stereocenters. The Morgan fingerprint density at radius 1 is 1.50 bits per heavy atom. The molecule has 0 bridgehead atoms. The minimum Gasteiger partial charge on any atom is -0.471 e. The average Bonchev–Trinajstić information content (AvgIpc) is 2.53. The van der Waals surface area contributed by atoms with E-state index in [-0.39, 0.29) is 24.0 Å². The topological polar surface area (TPSA) is 78.2 Å². The highest BCUT2D eigenvalue weighted by Gasteiger charge is 2.41. The zero-order valence-corrected chi connectivity index (χ0v) is 13.0. The summed E-state index contributed by atoms with van der Waals surface area (Å²) in [4.78, 5) is 16.9. The van der Waals surface area contributed by atoms with E-state index in [1.54, 1.807) is 6.92 Å². The Bertz CT molecular complexity index is 589. The first-order valence-corrected chi connectivity index (χ1v) is 6.83. The monoisotopic (exact) mass is 348 g/mol. The van der Waals surface area contributed by atoms with Crippen molar-refractivity contribution < 1.29 is 27.1 Å². The van der Waals surface area contributed by atoms with E-state index in [2.05, 4.69) is 15.0 Å². The molecule has 1 heterocycles. The van der Waals surface area contributed by atoms with Crippen LogP contribution in [0, 0.1) is 11.3 Å². The largest absolute Gasteiger partial charge is 0.471 e. The zero-order valence-electron chi connectivity index (χ0n) is 13.0. The summed E-state index contributed by atoms with van der Waals surface area (Å²) in [5, 5.41) is 11.1. The van der Waals surface area contributed by atoms with E-state index >= 15 is 0 Å². The molecule has 2 amide bonds. The molecule has 0 unspecified atom stereocenters. The summed E-state index contributed by atoms with van der Waals surface area (Å²) in [5.41, 5.74) is 0.254. The van der Waals surface area contributed by atoms with Crippen LogP contribution in [0.3, 0.4) is 0 Å². The van der Waals surface area contributed by atoms with Gasteiger partial charge in [0, 0.05) is 19.2 Å². The van der Waals surface area contributed by atoms with Crippen LogP contribution in [0.2, 0.25) is 0 Å². The fourth-order valence-electron chi connectivity index (χ4n) is 1.45. The van der Waals surface area contributed by atoms with Crippen LogP contribution in [0.1, 0.15) is 13.3 Å². The molecule has 0 aromatic carbocycles. The standard InChI is InChI=1S/C14H16F4N4O2/c1-9(5-6-19)22(2)13(23)21-10-3-4-11(20-7-10)24-8-14(17,18)12(15)16/h3-4,7,9,12H,5,8H2,1-2H3,(H,21,23)/t9-/m1/s1. The predicted molar refractivity (Wildman–Crippen MR) is 77.2 cm³/mol. The molecule has 0 radical (unpaired) electrons. The lowest BCUT2D eigenvalue weighted by molar-refractivity contribution is -0.148. The van der Waals surface area contributed by atoms with Crippen LogP contribution in [-0.2, 0) is 0 Å². The number of hydrogen-bond acceptors (Lipinski definition) is 4. The third kappa shape index (κ3) is 5.57. The molecule has 0 spiro atoms. The Morgan fingerprint density at radius 2 is 2.17 bits per heavy atom. The lowest BCUT2D eigenvalue weighted by atomic mass is 10.2. The number of nitriles is 1. The molecule has 1 aromatic rings. The molecule has 0 saturated heterocycles. The van der Waals surface area contributed by atoms with Crippen molar-refractivity contribution in [3.63, 3.8) is 0 Å². The molecule has 132 valence electrons. The second-order valence-electron chi connectivity index (χ2n) is 4.99. The highest BCUT2D eigenvalue weighted by molar-refractivity contribution is 5.89. The molecule has 0 aliphatic heterocycles. The Kier molecular flexibility index (Phi) is 6.76. The summed E-state index contributed by atoms with van der Waals surface area (Å²) in [7, 11) is 1.51. The van der Waals surface area contributed by atoms with Crippen molar-refractivity contribution in [3.05, 3.63) is 18.3 Å². The molecular formula is C14H16F4N4O2. The van der Waals surface area contributed by atoms with Crippen molar-refractivity contribution in [2.45, 2.75) is 31.7 Å². The Morgan fingerprint density at radius 3 is 2.67 bits per heavy atom. The third-order valence-electron chi connectivity index (χ3n) is 3.09. The fraction of sp³-hybridized carbons (Fsp3) is 0.500. The summed E-state index contributed by atoms with van der Waals surface area (Å²) in [6, 6.07) is 3.64. The van der Waals surface area contributed by atoms with Crippen LogP contribution in [0.25, 0.3) is 0 Å². The maximum Gasteiger partial charge on any atom is 0.340 e. The minimum atomic E-state index is -4.27. The van der Waals surface area contributed by atoms with Crippen LogP contribution in [-0.4, -0.2) is 48.0 Å². The Balaban J connectivity index is 2.59. The van der Waals surface area contributed by atoms with Crippen molar-refractivity contribution in [1.82, 2.24) is 9.88 Å². The van der Waals surface area contributed by atoms with Crippen molar-refractivity contribution in [2.75, 3.05) is 19.0 Å². The smallest absolute Gasteiger partial charge is 0.340 e. The van der Waals surface area contributed by atoms with E-state index in [0.717, 1.165) is 12.3 Å². The van der Waals surface area contributed by atoms with Crippen LogP contribution < -0.4 is 10.1 Å². The molecule has 24 heavy (non-hydrogen) atoms. The minimum absolute atomic E-state index is 0.160. The molecule has 0 aliphatic carbocycles. The zero-order chi connectivity index (χ0) is 18.3. The van der Waals surface area contributed by atoms with E-state index in [1.165, 1.54) is 18.0 Å². The maximum atomic E-state index is 12.7. The van der Waals surface area contributed by atoms with Gasteiger partial charge in [0.05, 0.1) is 24.4 Å². The van der Waals surface area contributed by atoms with Crippen molar-refractivity contribution in [3.8, 4) is 11.9 Å². The van der Waals surface area contributed by atoms with Gasteiger partial charge in [-0.3, -0.25) is 0 Å². The number of anilines is 1. The molecule has 6 nitrogen and oxygen atoms in total. The molecule has 0 aliphatic rings. The maximum absolute atomic E-state index is 12.7. The first-order valence-electron chi connectivity index (χ1n) is 6.83. The van der Waals surface area contributed by atoms with E-state index in [1.807, 2.05) is 6.07 Å². The van der Waals surface area contributed by atoms with Crippen LogP contribution in [0.4, 0.5) is 28.0 Å². The van der Waals surface area contributed by atoms with Gasteiger partial charge in [0.2, 0.25) is 5.88 Å². The number of rotatable bonds is 7. The number of carbonyl (C=O) groups is 1. The molecule has 1 aromatic heterocycles. The van der Waals surface area contributed by atoms with E-state index in [0.29, 0.717) is 0 Å². The van der Waals surface area contributed by atoms with E-state index in [4.69, 9.17) is 5.26 Å². The molecular weight excluding hydrogens is 332 g/mol. The number of carbonyl (C=O) groups excluding carboxylic acids is 1. The van der Waals surface area contributed by atoms with Gasteiger partial charge in [-0.1, -0.05) is 0 Å². The first-order chi connectivity index (χ1) is 11.2. The number of urea groups is 1. The molecule has 1 N–H and O–H groups in total. The number of hydrogen-bond donors (Lipinski definition) is 1. The van der Waals surface area contributed by atoms with Gasteiger partial charge < -0.3 is 15.0 Å². The first kappa shape index (κ1) is 19.5. The second kappa shape index (κ2) is 8.33. The second-order valence-corrected chi connectivity index (χ2v) is 4.99. The van der Waals surface area contributed by atoms with Crippen molar-refractivity contribution >= 4 is 11.7 Å². The number of nitrogens with one attached hydrogen (secondary N) is 1. The number of alkyl halides is 4. The lowest BCUT2D eigenvalue weighted by Gasteiger charge is -2.23. The number of amides is 2. The quantitative estimate of drug-likeness (QED) is 0.768. The van der Waals surface area contributed by atoms with Crippen LogP contribution >= 0.6 is 0 Å². The van der Waals surface area contributed by atoms with Gasteiger partial charge >= 0.3 is 18.4 Å². The molecule has 10 heteroatoms. The Labute approximate surface area is 136 Å². The number of halogens is 4. The highest BCUT2D eigenvalue weighted by Crippen LogP contribution is 2.24. The highest BCUT2D eigenvalue weighted by atomic mass is 19.3. The van der Waals surface area contributed by atoms with Gasteiger partial charge in [-0.25, -0.2) is 18.6 Å². The number of pyridine rings is 1. The van der Waals surface area contributed by atoms with Gasteiger partial charge in [0.25, 0.3) is 0 Å². The van der Waals surface area contributed by atoms with Gasteiger partial charge in [-0.2, -0.15) is 14.0 Å². The van der Waals surface area contributed by atoms with E-state index < -0.39 is 25.0 Å². The normalized spacial score (nSPS) is 12.4. The lowest BCUT2D eigenvalue weighted by Crippen LogP contribution is -2.38. The van der Waals surface area contributed by atoms with E-state index in [9.17, 15) is 22.4 Å². The number of nitrogens with zero attached hydrogens (tertiary/aromatic N) is 3. The van der Waals surface area contributed by atoms with Crippen LogP contribution in [0.15, 0.2) is 18.3 Å².